The smallest absolute Gasteiger partial charge is 0.397 e. The van der Waals surface area contributed by atoms with Crippen molar-refractivity contribution in [1.82, 2.24) is 9.97 Å². The monoisotopic (exact) mass is 297 g/mol. The number of rotatable bonds is 2. The number of nitrogens with two attached hydrogens (primary N) is 2. The van der Waals surface area contributed by atoms with Crippen LogP contribution in [0.2, 0.25) is 0 Å². The van der Waals surface area contributed by atoms with E-state index in [0.29, 0.717) is 0 Å². The van der Waals surface area contributed by atoms with Crippen molar-refractivity contribution in [3.05, 3.63) is 41.9 Å². The van der Waals surface area contributed by atoms with Crippen LogP contribution in [-0.4, -0.2) is 15.9 Å². The van der Waals surface area contributed by atoms with E-state index in [1.807, 2.05) is 0 Å². The standard InChI is InChI=1S/C12H10F3N5O/c13-12(14,15)6-1-2-18-10(3-6)20-11(21)9-4-7(16)8(17)5-19-9/h1-5H,17H2,(H2,16,19)(H,18,20,21). The van der Waals surface area contributed by atoms with Crippen molar-refractivity contribution in [2.24, 2.45) is 0 Å². The molecular formula is C12H10F3N5O. The molecule has 2 rings (SSSR count). The predicted octanol–water partition coefficient (Wildman–Crippen LogP) is 1.91. The van der Waals surface area contributed by atoms with E-state index in [-0.39, 0.29) is 22.9 Å². The van der Waals surface area contributed by atoms with Crippen molar-refractivity contribution in [1.29, 1.82) is 0 Å². The summed E-state index contributed by atoms with van der Waals surface area (Å²) in [6, 6.07) is 2.74. The molecule has 0 saturated carbocycles. The second-order valence-corrected chi connectivity index (χ2v) is 4.08. The van der Waals surface area contributed by atoms with Gasteiger partial charge in [-0.15, -0.1) is 0 Å². The van der Waals surface area contributed by atoms with Crippen molar-refractivity contribution >= 4 is 23.1 Å². The average molecular weight is 297 g/mol. The molecule has 0 spiro atoms. The number of carbonyl (C=O) groups is 1. The topological polar surface area (TPSA) is 107 Å². The number of hydrogen-bond donors (Lipinski definition) is 3. The molecule has 0 aliphatic heterocycles. The normalized spacial score (nSPS) is 11.2. The first-order valence-electron chi connectivity index (χ1n) is 5.63. The number of hydrogen-bond acceptors (Lipinski definition) is 5. The summed E-state index contributed by atoms with van der Waals surface area (Å²) in [5.74, 6) is -0.986. The van der Waals surface area contributed by atoms with Crippen molar-refractivity contribution in [3.63, 3.8) is 0 Å². The molecule has 0 fully saturated rings. The number of halogens is 3. The van der Waals surface area contributed by atoms with Crippen molar-refractivity contribution in [2.45, 2.75) is 6.18 Å². The molecule has 21 heavy (non-hydrogen) atoms. The zero-order chi connectivity index (χ0) is 15.6. The molecule has 0 aromatic carbocycles. The molecule has 110 valence electrons. The summed E-state index contributed by atoms with van der Waals surface area (Å²) in [7, 11) is 0. The fraction of sp³-hybridized carbons (Fsp3) is 0.0833. The van der Waals surface area contributed by atoms with Gasteiger partial charge in [0.1, 0.15) is 11.5 Å². The van der Waals surface area contributed by atoms with E-state index in [1.165, 1.54) is 12.3 Å². The summed E-state index contributed by atoms with van der Waals surface area (Å²) in [6.07, 6.45) is -2.39. The molecule has 0 atom stereocenters. The van der Waals surface area contributed by atoms with Crippen LogP contribution in [-0.2, 0) is 6.18 Å². The van der Waals surface area contributed by atoms with Gasteiger partial charge in [-0.2, -0.15) is 13.2 Å². The first-order chi connectivity index (χ1) is 9.77. The van der Waals surface area contributed by atoms with Gasteiger partial charge in [-0.1, -0.05) is 0 Å². The van der Waals surface area contributed by atoms with E-state index in [0.717, 1.165) is 18.3 Å². The summed E-state index contributed by atoms with van der Waals surface area (Å²) in [5, 5.41) is 2.21. The van der Waals surface area contributed by atoms with E-state index >= 15 is 0 Å². The zero-order valence-electron chi connectivity index (χ0n) is 10.5. The van der Waals surface area contributed by atoms with Crippen LogP contribution < -0.4 is 16.8 Å². The van der Waals surface area contributed by atoms with E-state index in [1.54, 1.807) is 0 Å². The highest BCUT2D eigenvalue weighted by Crippen LogP contribution is 2.29. The van der Waals surface area contributed by atoms with Gasteiger partial charge in [0.25, 0.3) is 5.91 Å². The van der Waals surface area contributed by atoms with Crippen LogP contribution in [0.1, 0.15) is 16.1 Å². The molecule has 2 heterocycles. The number of nitrogen functional groups attached to an aromatic ring is 2. The first kappa shape index (κ1) is 14.6. The van der Waals surface area contributed by atoms with Gasteiger partial charge in [-0.25, -0.2) is 9.97 Å². The summed E-state index contributed by atoms with van der Waals surface area (Å²) in [6.45, 7) is 0. The van der Waals surface area contributed by atoms with Crippen molar-refractivity contribution < 1.29 is 18.0 Å². The highest BCUT2D eigenvalue weighted by atomic mass is 19.4. The number of amides is 1. The van der Waals surface area contributed by atoms with E-state index in [9.17, 15) is 18.0 Å². The van der Waals surface area contributed by atoms with Crippen LogP contribution in [0.5, 0.6) is 0 Å². The van der Waals surface area contributed by atoms with Gasteiger partial charge >= 0.3 is 6.18 Å². The van der Waals surface area contributed by atoms with Crippen LogP contribution >= 0.6 is 0 Å². The average Bonchev–Trinajstić information content (AvgIpc) is 2.41. The molecule has 9 heteroatoms. The van der Waals surface area contributed by atoms with Gasteiger partial charge in [0.05, 0.1) is 23.1 Å². The molecule has 0 aliphatic rings. The lowest BCUT2D eigenvalue weighted by atomic mass is 10.2. The highest BCUT2D eigenvalue weighted by Gasteiger charge is 2.30. The molecule has 2 aromatic heterocycles. The third kappa shape index (κ3) is 3.38. The molecular weight excluding hydrogens is 287 g/mol. The summed E-state index contributed by atoms with van der Waals surface area (Å²) < 4.78 is 37.6. The first-order valence-corrected chi connectivity index (χ1v) is 5.63. The molecule has 0 aliphatic carbocycles. The number of carbonyl (C=O) groups excluding carboxylic acids is 1. The number of nitrogens with one attached hydrogen (secondary N) is 1. The minimum atomic E-state index is -4.52. The summed E-state index contributed by atoms with van der Waals surface area (Å²) >= 11 is 0. The lowest BCUT2D eigenvalue weighted by Gasteiger charge is -2.09. The van der Waals surface area contributed by atoms with Crippen LogP contribution in [0.3, 0.4) is 0 Å². The van der Waals surface area contributed by atoms with E-state index in [4.69, 9.17) is 11.5 Å². The Balaban J connectivity index is 2.21. The minimum Gasteiger partial charge on any atom is -0.397 e. The summed E-state index contributed by atoms with van der Waals surface area (Å²) in [4.78, 5) is 19.2. The summed E-state index contributed by atoms with van der Waals surface area (Å²) in [5.41, 5.74) is 10.3. The van der Waals surface area contributed by atoms with Crippen LogP contribution in [0.25, 0.3) is 0 Å². The van der Waals surface area contributed by atoms with Crippen LogP contribution in [0, 0.1) is 0 Å². The Hall–Kier alpha value is -2.84. The van der Waals surface area contributed by atoms with Crippen LogP contribution in [0.4, 0.5) is 30.4 Å². The lowest BCUT2D eigenvalue weighted by Crippen LogP contribution is -2.16. The largest absolute Gasteiger partial charge is 0.416 e. The quantitative estimate of drug-likeness (QED) is 0.785. The Morgan fingerprint density at radius 2 is 1.86 bits per heavy atom. The van der Waals surface area contributed by atoms with E-state index < -0.39 is 17.6 Å². The lowest BCUT2D eigenvalue weighted by molar-refractivity contribution is -0.137. The molecule has 2 aromatic rings. The molecule has 0 radical (unpaired) electrons. The minimum absolute atomic E-state index is 0.0825. The van der Waals surface area contributed by atoms with Crippen molar-refractivity contribution in [3.8, 4) is 0 Å². The predicted molar refractivity (Wildman–Crippen MR) is 70.3 cm³/mol. The highest BCUT2D eigenvalue weighted by molar-refractivity contribution is 6.03. The van der Waals surface area contributed by atoms with Gasteiger partial charge in [0.15, 0.2) is 0 Å². The van der Waals surface area contributed by atoms with E-state index in [2.05, 4.69) is 15.3 Å². The van der Waals surface area contributed by atoms with Gasteiger partial charge < -0.3 is 16.8 Å². The number of pyridine rings is 2. The Labute approximate surface area is 117 Å². The number of alkyl halides is 3. The molecule has 6 nitrogen and oxygen atoms in total. The molecule has 0 saturated heterocycles. The molecule has 5 N–H and O–H groups in total. The zero-order valence-corrected chi connectivity index (χ0v) is 10.5. The van der Waals surface area contributed by atoms with Gasteiger partial charge in [0, 0.05) is 6.20 Å². The SMILES string of the molecule is Nc1cnc(C(=O)Nc2cc(C(F)(F)F)ccn2)cc1N. The Morgan fingerprint density at radius 3 is 2.48 bits per heavy atom. The van der Waals surface area contributed by atoms with Gasteiger partial charge in [-0.05, 0) is 18.2 Å². The third-order valence-electron chi connectivity index (χ3n) is 2.53. The fourth-order valence-corrected chi connectivity index (χ4v) is 1.46. The fourth-order valence-electron chi connectivity index (χ4n) is 1.46. The number of aromatic nitrogens is 2. The molecule has 1 amide bonds. The molecule has 0 bridgehead atoms. The maximum Gasteiger partial charge on any atom is 0.416 e. The van der Waals surface area contributed by atoms with Gasteiger partial charge in [-0.3, -0.25) is 4.79 Å². The Morgan fingerprint density at radius 1 is 1.14 bits per heavy atom. The Kier molecular flexibility index (Phi) is 3.66. The number of nitrogens with zero attached hydrogens (tertiary/aromatic N) is 2. The maximum atomic E-state index is 12.5. The van der Waals surface area contributed by atoms with Crippen molar-refractivity contribution in [2.75, 3.05) is 16.8 Å². The molecule has 0 unspecified atom stereocenters. The third-order valence-corrected chi connectivity index (χ3v) is 2.53. The number of anilines is 3. The van der Waals surface area contributed by atoms with Crippen LogP contribution in [0.15, 0.2) is 30.6 Å². The second kappa shape index (κ2) is 5.27. The second-order valence-electron chi connectivity index (χ2n) is 4.08. The maximum absolute atomic E-state index is 12.5. The van der Waals surface area contributed by atoms with Gasteiger partial charge in [0.2, 0.25) is 0 Å². The Bertz CT molecular complexity index is 687.